The van der Waals surface area contributed by atoms with Crippen molar-refractivity contribution in [3.05, 3.63) is 33.8 Å². The lowest BCUT2D eigenvalue weighted by atomic mass is 10.1. The Hall–Kier alpha value is -0.330. The Balaban J connectivity index is 2.62. The second-order valence-electron chi connectivity index (χ2n) is 4.57. The lowest BCUT2D eigenvalue weighted by Gasteiger charge is -2.16. The van der Waals surface area contributed by atoms with Crippen molar-refractivity contribution in [2.24, 2.45) is 0 Å². The Labute approximate surface area is 130 Å². The first-order chi connectivity index (χ1) is 9.35. The fourth-order valence-electron chi connectivity index (χ4n) is 1.75. The highest BCUT2D eigenvalue weighted by Gasteiger charge is 2.17. The van der Waals surface area contributed by atoms with Gasteiger partial charge in [-0.05, 0) is 37.6 Å². The number of sulfonamides is 1. The van der Waals surface area contributed by atoms with Crippen molar-refractivity contribution in [2.75, 3.05) is 18.8 Å². The van der Waals surface area contributed by atoms with Crippen LogP contribution in [-0.4, -0.2) is 27.3 Å². The van der Waals surface area contributed by atoms with Crippen LogP contribution in [-0.2, 0) is 10.0 Å². The highest BCUT2D eigenvalue weighted by atomic mass is 35.5. The topological polar surface area (TPSA) is 58.2 Å². The molecule has 0 saturated carbocycles. The van der Waals surface area contributed by atoms with Gasteiger partial charge in [-0.2, -0.15) is 0 Å². The summed E-state index contributed by atoms with van der Waals surface area (Å²) >= 11 is 11.9. The summed E-state index contributed by atoms with van der Waals surface area (Å²) in [5, 5.41) is 4.04. The van der Waals surface area contributed by atoms with Crippen LogP contribution in [0, 0.1) is 0 Å². The molecule has 0 aliphatic heterocycles. The summed E-state index contributed by atoms with van der Waals surface area (Å²) in [5.41, 5.74) is 0.709. The van der Waals surface area contributed by atoms with Gasteiger partial charge in [0.25, 0.3) is 0 Å². The quantitative estimate of drug-likeness (QED) is 0.716. The van der Waals surface area contributed by atoms with Gasteiger partial charge in [-0.15, -0.1) is 0 Å². The molecule has 1 unspecified atom stereocenters. The van der Waals surface area contributed by atoms with Crippen LogP contribution in [0.5, 0.6) is 0 Å². The van der Waals surface area contributed by atoms with Crippen molar-refractivity contribution >= 4 is 33.2 Å². The Morgan fingerprint density at radius 3 is 2.55 bits per heavy atom. The molecule has 0 aliphatic carbocycles. The Morgan fingerprint density at radius 2 is 1.95 bits per heavy atom. The van der Waals surface area contributed by atoms with Crippen molar-refractivity contribution < 1.29 is 8.42 Å². The number of halogens is 2. The molecule has 114 valence electrons. The molecule has 0 aliphatic rings. The van der Waals surface area contributed by atoms with E-state index in [0.717, 1.165) is 13.0 Å². The Kier molecular flexibility index (Phi) is 7.26. The smallest absolute Gasteiger partial charge is 0.213 e. The summed E-state index contributed by atoms with van der Waals surface area (Å²) in [6, 6.07) is 4.63. The van der Waals surface area contributed by atoms with E-state index < -0.39 is 16.1 Å². The van der Waals surface area contributed by atoms with E-state index in [9.17, 15) is 8.42 Å². The number of hydrogen-bond acceptors (Lipinski definition) is 3. The molecule has 1 aromatic rings. The van der Waals surface area contributed by atoms with Gasteiger partial charge in [0.2, 0.25) is 10.0 Å². The minimum atomic E-state index is -3.34. The molecule has 4 nitrogen and oxygen atoms in total. The highest BCUT2D eigenvalue weighted by Crippen LogP contribution is 2.26. The fraction of sp³-hybridized carbons (Fsp3) is 0.538. The molecule has 0 radical (unpaired) electrons. The number of rotatable bonds is 8. The van der Waals surface area contributed by atoms with E-state index in [-0.39, 0.29) is 5.75 Å². The molecule has 1 rings (SSSR count). The molecule has 0 heterocycles. The van der Waals surface area contributed by atoms with Crippen LogP contribution in [0.2, 0.25) is 10.0 Å². The van der Waals surface area contributed by atoms with Gasteiger partial charge in [-0.3, -0.25) is 0 Å². The summed E-state index contributed by atoms with van der Waals surface area (Å²) in [6.07, 6.45) is 0.976. The molecule has 0 saturated heterocycles. The van der Waals surface area contributed by atoms with Crippen molar-refractivity contribution in [3.8, 4) is 0 Å². The Morgan fingerprint density at radius 1 is 1.25 bits per heavy atom. The van der Waals surface area contributed by atoms with Gasteiger partial charge in [0.15, 0.2) is 0 Å². The van der Waals surface area contributed by atoms with Gasteiger partial charge in [0.1, 0.15) is 0 Å². The molecule has 7 heteroatoms. The molecule has 0 aromatic heterocycles. The van der Waals surface area contributed by atoms with Gasteiger partial charge in [-0.1, -0.05) is 36.2 Å². The van der Waals surface area contributed by atoms with Crippen LogP contribution >= 0.6 is 23.2 Å². The third-order valence-corrected chi connectivity index (χ3v) is 4.78. The molecule has 0 fully saturated rings. The van der Waals surface area contributed by atoms with Crippen LogP contribution in [0.1, 0.15) is 31.9 Å². The van der Waals surface area contributed by atoms with E-state index in [4.69, 9.17) is 23.2 Å². The zero-order valence-corrected chi connectivity index (χ0v) is 13.9. The van der Waals surface area contributed by atoms with Gasteiger partial charge in [0.05, 0.1) is 5.75 Å². The molecule has 20 heavy (non-hydrogen) atoms. The molecular formula is C13H20Cl2N2O2S. The first kappa shape index (κ1) is 17.7. The average molecular weight is 339 g/mol. The summed E-state index contributed by atoms with van der Waals surface area (Å²) < 4.78 is 26.5. The lowest BCUT2D eigenvalue weighted by Crippen LogP contribution is -2.33. The Bertz CT molecular complexity index is 535. The zero-order chi connectivity index (χ0) is 15.2. The van der Waals surface area contributed by atoms with Gasteiger partial charge in [-0.25, -0.2) is 13.1 Å². The van der Waals surface area contributed by atoms with Gasteiger partial charge >= 0.3 is 0 Å². The van der Waals surface area contributed by atoms with E-state index in [2.05, 4.69) is 10.0 Å². The second-order valence-corrected chi connectivity index (χ2v) is 7.29. The minimum Gasteiger partial charge on any atom is -0.316 e. The van der Waals surface area contributed by atoms with Crippen LogP contribution in [0.15, 0.2) is 18.2 Å². The summed E-state index contributed by atoms with van der Waals surface area (Å²) in [7, 11) is -3.34. The van der Waals surface area contributed by atoms with Crippen LogP contribution < -0.4 is 10.0 Å². The normalized spacial score (nSPS) is 13.4. The maximum Gasteiger partial charge on any atom is 0.213 e. The molecule has 1 atom stereocenters. The number of nitrogens with one attached hydrogen (secondary N) is 2. The average Bonchev–Trinajstić information content (AvgIpc) is 2.34. The number of benzene rings is 1. The lowest BCUT2D eigenvalue weighted by molar-refractivity contribution is 0.562. The van der Waals surface area contributed by atoms with Crippen molar-refractivity contribution in [2.45, 2.75) is 26.3 Å². The first-order valence-electron chi connectivity index (χ1n) is 6.51. The minimum absolute atomic E-state index is 0.0442. The molecule has 1 aromatic carbocycles. The number of hydrogen-bond donors (Lipinski definition) is 2. The van der Waals surface area contributed by atoms with E-state index in [1.165, 1.54) is 0 Å². The molecule has 2 N–H and O–H groups in total. The third-order valence-electron chi connectivity index (χ3n) is 2.76. The fourth-order valence-corrected chi connectivity index (χ4v) is 3.52. The standard InChI is InChI=1S/C13H20Cl2N2O2S/c1-3-6-16-7-8-20(18,19)17-10(2)12-5-4-11(14)9-13(12)15/h4-5,9-10,16-17H,3,6-8H2,1-2H3. The van der Waals surface area contributed by atoms with Crippen LogP contribution in [0.25, 0.3) is 0 Å². The van der Waals surface area contributed by atoms with Crippen molar-refractivity contribution in [1.29, 1.82) is 0 Å². The van der Waals surface area contributed by atoms with Gasteiger partial charge in [0, 0.05) is 22.6 Å². The predicted molar refractivity (Wildman–Crippen MR) is 85.0 cm³/mol. The van der Waals surface area contributed by atoms with Crippen LogP contribution in [0.3, 0.4) is 0 Å². The molecule has 0 bridgehead atoms. The van der Waals surface area contributed by atoms with E-state index in [1.807, 2.05) is 6.92 Å². The monoisotopic (exact) mass is 338 g/mol. The first-order valence-corrected chi connectivity index (χ1v) is 8.92. The summed E-state index contributed by atoms with van der Waals surface area (Å²) in [6.45, 7) is 5.04. The highest BCUT2D eigenvalue weighted by molar-refractivity contribution is 7.89. The van der Waals surface area contributed by atoms with Crippen LogP contribution in [0.4, 0.5) is 0 Å². The van der Waals surface area contributed by atoms with Crippen molar-refractivity contribution in [1.82, 2.24) is 10.0 Å². The van der Waals surface area contributed by atoms with E-state index in [1.54, 1.807) is 25.1 Å². The molecule has 0 amide bonds. The second kappa shape index (κ2) is 8.20. The van der Waals surface area contributed by atoms with E-state index >= 15 is 0 Å². The summed E-state index contributed by atoms with van der Waals surface area (Å²) in [5.74, 6) is 0.0442. The molecular weight excluding hydrogens is 319 g/mol. The summed E-state index contributed by atoms with van der Waals surface area (Å²) in [4.78, 5) is 0. The predicted octanol–water partition coefficient (Wildman–Crippen LogP) is 2.97. The SMILES string of the molecule is CCCNCCS(=O)(=O)NC(C)c1ccc(Cl)cc1Cl. The maximum atomic E-state index is 11.9. The maximum absolute atomic E-state index is 11.9. The third kappa shape index (κ3) is 5.97. The molecule has 0 spiro atoms. The zero-order valence-electron chi connectivity index (χ0n) is 11.6. The van der Waals surface area contributed by atoms with E-state index in [0.29, 0.717) is 22.2 Å². The van der Waals surface area contributed by atoms with Gasteiger partial charge < -0.3 is 5.32 Å². The largest absolute Gasteiger partial charge is 0.316 e. The van der Waals surface area contributed by atoms with Crippen molar-refractivity contribution in [3.63, 3.8) is 0 Å².